The van der Waals surface area contributed by atoms with Gasteiger partial charge in [0, 0.05) is 24.5 Å². The SMILES string of the molecule is Cc1csc(CN)c1S(=O)(=O)N1CCC(C(C)(C)C)C1. The zero-order valence-electron chi connectivity index (χ0n) is 12.6. The molecule has 6 heteroatoms. The third kappa shape index (κ3) is 2.79. The van der Waals surface area contributed by atoms with Gasteiger partial charge in [-0.1, -0.05) is 20.8 Å². The van der Waals surface area contributed by atoms with E-state index in [0.29, 0.717) is 23.9 Å². The molecule has 1 aliphatic heterocycles. The number of sulfonamides is 1. The summed E-state index contributed by atoms with van der Waals surface area (Å²) in [5.41, 5.74) is 6.64. The number of nitrogens with zero attached hydrogens (tertiary/aromatic N) is 1. The lowest BCUT2D eigenvalue weighted by molar-refractivity contribution is 0.252. The van der Waals surface area contributed by atoms with Crippen molar-refractivity contribution in [3.05, 3.63) is 15.8 Å². The largest absolute Gasteiger partial charge is 0.326 e. The molecule has 0 saturated carbocycles. The van der Waals surface area contributed by atoms with Gasteiger partial charge in [0.2, 0.25) is 10.0 Å². The molecule has 114 valence electrons. The Kier molecular flexibility index (Phi) is 4.31. The van der Waals surface area contributed by atoms with Gasteiger partial charge in [0.15, 0.2) is 0 Å². The lowest BCUT2D eigenvalue weighted by Gasteiger charge is -2.27. The van der Waals surface area contributed by atoms with Crippen LogP contribution in [0.1, 0.15) is 37.6 Å². The van der Waals surface area contributed by atoms with Crippen molar-refractivity contribution in [3.8, 4) is 0 Å². The fourth-order valence-corrected chi connectivity index (χ4v) is 5.91. The summed E-state index contributed by atoms with van der Waals surface area (Å²) < 4.78 is 27.3. The van der Waals surface area contributed by atoms with Crippen molar-refractivity contribution in [2.24, 2.45) is 17.1 Å². The van der Waals surface area contributed by atoms with Gasteiger partial charge in [-0.2, -0.15) is 4.31 Å². The molecule has 1 aliphatic rings. The van der Waals surface area contributed by atoms with E-state index in [1.165, 1.54) is 11.3 Å². The molecular formula is C14H24N2O2S2. The van der Waals surface area contributed by atoms with E-state index in [9.17, 15) is 8.42 Å². The van der Waals surface area contributed by atoms with Gasteiger partial charge in [-0.25, -0.2) is 8.42 Å². The van der Waals surface area contributed by atoms with Gasteiger partial charge < -0.3 is 5.73 Å². The second-order valence-corrected chi connectivity index (χ2v) is 9.43. The molecule has 2 N–H and O–H groups in total. The smallest absolute Gasteiger partial charge is 0.244 e. The molecule has 0 aliphatic carbocycles. The first-order valence-corrected chi connectivity index (χ1v) is 9.27. The Morgan fingerprint density at radius 3 is 2.60 bits per heavy atom. The molecule has 1 aromatic heterocycles. The van der Waals surface area contributed by atoms with Crippen molar-refractivity contribution < 1.29 is 8.42 Å². The molecule has 1 aromatic rings. The standard InChI is InChI=1S/C14H24N2O2S2/c1-10-9-19-12(7-15)13(10)20(17,18)16-6-5-11(8-16)14(2,3)4/h9,11H,5-8,15H2,1-4H3. The third-order valence-electron chi connectivity index (χ3n) is 4.15. The first-order valence-electron chi connectivity index (χ1n) is 6.95. The Morgan fingerprint density at radius 1 is 1.45 bits per heavy atom. The van der Waals surface area contributed by atoms with Crippen LogP contribution in [-0.2, 0) is 16.6 Å². The maximum atomic E-state index is 12.8. The van der Waals surface area contributed by atoms with Gasteiger partial charge in [-0.3, -0.25) is 0 Å². The first-order chi connectivity index (χ1) is 9.17. The molecule has 1 unspecified atom stereocenters. The average molecular weight is 316 g/mol. The van der Waals surface area contributed by atoms with Crippen molar-refractivity contribution in [3.63, 3.8) is 0 Å². The zero-order valence-corrected chi connectivity index (χ0v) is 14.3. The summed E-state index contributed by atoms with van der Waals surface area (Å²) in [4.78, 5) is 1.21. The van der Waals surface area contributed by atoms with Gasteiger partial charge in [-0.15, -0.1) is 11.3 Å². The summed E-state index contributed by atoms with van der Waals surface area (Å²) in [6, 6.07) is 0. The van der Waals surface area contributed by atoms with Crippen molar-refractivity contribution in [2.45, 2.75) is 45.6 Å². The Bertz CT molecular complexity index is 585. The second-order valence-electron chi connectivity index (χ2n) is 6.59. The van der Waals surface area contributed by atoms with Gasteiger partial charge in [0.25, 0.3) is 0 Å². The van der Waals surface area contributed by atoms with Crippen molar-refractivity contribution in [2.75, 3.05) is 13.1 Å². The normalized spacial score (nSPS) is 21.6. The zero-order chi connectivity index (χ0) is 15.1. The molecule has 4 nitrogen and oxygen atoms in total. The van der Waals surface area contributed by atoms with E-state index in [-0.39, 0.29) is 12.0 Å². The van der Waals surface area contributed by atoms with E-state index in [1.54, 1.807) is 4.31 Å². The van der Waals surface area contributed by atoms with Crippen molar-refractivity contribution >= 4 is 21.4 Å². The van der Waals surface area contributed by atoms with Crippen molar-refractivity contribution in [1.82, 2.24) is 4.31 Å². The summed E-state index contributed by atoms with van der Waals surface area (Å²) in [6.45, 7) is 9.89. The van der Waals surface area contributed by atoms with E-state index in [1.807, 2.05) is 12.3 Å². The third-order valence-corrected chi connectivity index (χ3v) is 7.50. The maximum absolute atomic E-state index is 12.8. The Morgan fingerprint density at radius 2 is 2.10 bits per heavy atom. The minimum absolute atomic E-state index is 0.144. The Labute approximate surface area is 126 Å². The van der Waals surface area contributed by atoms with Crippen LogP contribution in [0.3, 0.4) is 0 Å². The number of hydrogen-bond acceptors (Lipinski definition) is 4. The molecule has 2 rings (SSSR count). The highest BCUT2D eigenvalue weighted by Crippen LogP contribution is 2.37. The highest BCUT2D eigenvalue weighted by atomic mass is 32.2. The summed E-state index contributed by atoms with van der Waals surface area (Å²) in [6.07, 6.45) is 0.934. The summed E-state index contributed by atoms with van der Waals surface area (Å²) in [7, 11) is -3.40. The van der Waals surface area contributed by atoms with Crippen LogP contribution in [0.2, 0.25) is 0 Å². The fraction of sp³-hybridized carbons (Fsp3) is 0.714. The van der Waals surface area contributed by atoms with E-state index >= 15 is 0 Å². The van der Waals surface area contributed by atoms with Crippen LogP contribution < -0.4 is 5.73 Å². The van der Waals surface area contributed by atoms with Crippen LogP contribution in [0.5, 0.6) is 0 Å². The van der Waals surface area contributed by atoms with Crippen LogP contribution in [0, 0.1) is 18.3 Å². The molecule has 20 heavy (non-hydrogen) atoms. The van der Waals surface area contributed by atoms with Crippen LogP contribution in [0.15, 0.2) is 10.3 Å². The van der Waals surface area contributed by atoms with Crippen LogP contribution >= 0.6 is 11.3 Å². The lowest BCUT2D eigenvalue weighted by Crippen LogP contribution is -2.32. The van der Waals surface area contributed by atoms with E-state index in [2.05, 4.69) is 20.8 Å². The van der Waals surface area contributed by atoms with Gasteiger partial charge in [0.05, 0.1) is 0 Å². The van der Waals surface area contributed by atoms with Gasteiger partial charge >= 0.3 is 0 Å². The van der Waals surface area contributed by atoms with E-state index < -0.39 is 10.0 Å². The average Bonchev–Trinajstić information content (AvgIpc) is 2.94. The molecule has 0 spiro atoms. The quantitative estimate of drug-likeness (QED) is 0.932. The predicted molar refractivity (Wildman–Crippen MR) is 83.3 cm³/mol. The topological polar surface area (TPSA) is 63.4 Å². The monoisotopic (exact) mass is 316 g/mol. The van der Waals surface area contributed by atoms with Crippen LogP contribution in [0.25, 0.3) is 0 Å². The second kappa shape index (κ2) is 5.40. The molecule has 2 heterocycles. The summed E-state index contributed by atoms with van der Waals surface area (Å²) >= 11 is 1.44. The highest BCUT2D eigenvalue weighted by molar-refractivity contribution is 7.89. The van der Waals surface area contributed by atoms with E-state index in [0.717, 1.165) is 16.9 Å². The van der Waals surface area contributed by atoms with Gasteiger partial charge in [-0.05, 0) is 35.6 Å². The first kappa shape index (κ1) is 15.9. The van der Waals surface area contributed by atoms with E-state index in [4.69, 9.17) is 5.73 Å². The number of thiophene rings is 1. The molecule has 0 radical (unpaired) electrons. The Hall–Kier alpha value is -0.430. The number of hydrogen-bond donors (Lipinski definition) is 1. The molecule has 0 bridgehead atoms. The Balaban J connectivity index is 2.31. The minimum atomic E-state index is -3.40. The molecule has 1 saturated heterocycles. The molecule has 0 amide bonds. The molecule has 1 fully saturated rings. The maximum Gasteiger partial charge on any atom is 0.244 e. The predicted octanol–water partition coefficient (Wildman–Crippen LogP) is 2.57. The molecular weight excluding hydrogens is 292 g/mol. The summed E-state index contributed by atoms with van der Waals surface area (Å²) in [5, 5.41) is 1.88. The lowest BCUT2D eigenvalue weighted by atomic mass is 9.80. The van der Waals surface area contributed by atoms with Gasteiger partial charge in [0.1, 0.15) is 4.90 Å². The highest BCUT2D eigenvalue weighted by Gasteiger charge is 2.39. The number of aryl methyl sites for hydroxylation is 1. The fourth-order valence-electron chi connectivity index (χ4n) is 2.76. The minimum Gasteiger partial charge on any atom is -0.326 e. The number of nitrogens with two attached hydrogens (primary N) is 1. The molecule has 1 atom stereocenters. The molecule has 0 aromatic carbocycles. The van der Waals surface area contributed by atoms with Crippen LogP contribution in [0.4, 0.5) is 0 Å². The van der Waals surface area contributed by atoms with Crippen molar-refractivity contribution in [1.29, 1.82) is 0 Å². The summed E-state index contributed by atoms with van der Waals surface area (Å²) in [5.74, 6) is 0.414. The number of rotatable bonds is 3. The van der Waals surface area contributed by atoms with Crippen LogP contribution in [-0.4, -0.2) is 25.8 Å².